The Morgan fingerprint density at radius 3 is 1.68 bits per heavy atom. The predicted molar refractivity (Wildman–Crippen MR) is 58.8 cm³/mol. The summed E-state index contributed by atoms with van der Waals surface area (Å²) in [6, 6.07) is 0. The van der Waals surface area contributed by atoms with Crippen LogP contribution in [-0.2, 0) is 19.2 Å². The number of amides is 2. The summed E-state index contributed by atoms with van der Waals surface area (Å²) in [4.78, 5) is 47.2. The fraction of sp³-hybridized carbons (Fsp3) is 0.667. The van der Waals surface area contributed by atoms with Crippen molar-refractivity contribution in [1.82, 2.24) is 5.32 Å². The van der Waals surface area contributed by atoms with Gasteiger partial charge in [0.2, 0.25) is 11.8 Å². The number of fused-ring (bicyclic) bond motifs is 3. The molecule has 19 heavy (non-hydrogen) atoms. The monoisotopic (exact) mass is 267 g/mol. The highest BCUT2D eigenvalue weighted by Gasteiger charge is 3.02. The SMILES string of the molecule is O=C(O)[C@@]12C(=O)NC(=O)[C@]1(C(=O)O)C21CCCCC1. The lowest BCUT2D eigenvalue weighted by Crippen LogP contribution is -2.42. The summed E-state index contributed by atoms with van der Waals surface area (Å²) in [5, 5.41) is 20.8. The maximum atomic E-state index is 12.0. The molecular formula is C12H13NO6. The standard InChI is InChI=1S/C12H13NO6/c14-6-11(8(16)17)10(4-2-1-3-5-10)12(11,9(18)19)7(15)13-6/h1-5H2,(H,16,17)(H,18,19)(H,13,14,15)/t11-,12+. The van der Waals surface area contributed by atoms with Crippen LogP contribution in [0.15, 0.2) is 0 Å². The first kappa shape index (κ1) is 12.1. The van der Waals surface area contributed by atoms with E-state index in [9.17, 15) is 29.4 Å². The molecular weight excluding hydrogens is 254 g/mol. The number of carbonyl (C=O) groups excluding carboxylic acids is 2. The highest BCUT2D eigenvalue weighted by molar-refractivity contribution is 6.33. The fourth-order valence-electron chi connectivity index (χ4n) is 4.59. The second-order valence-corrected chi connectivity index (χ2v) is 5.54. The van der Waals surface area contributed by atoms with E-state index in [1.54, 1.807) is 0 Å². The van der Waals surface area contributed by atoms with E-state index in [1.165, 1.54) is 0 Å². The molecule has 102 valence electrons. The second-order valence-electron chi connectivity index (χ2n) is 5.54. The molecule has 3 fully saturated rings. The van der Waals surface area contributed by atoms with Crippen molar-refractivity contribution in [2.45, 2.75) is 32.1 Å². The number of hydrogen-bond donors (Lipinski definition) is 3. The van der Waals surface area contributed by atoms with Gasteiger partial charge in [-0.25, -0.2) is 0 Å². The van der Waals surface area contributed by atoms with Crippen molar-refractivity contribution in [1.29, 1.82) is 0 Å². The van der Waals surface area contributed by atoms with Crippen LogP contribution in [0, 0.1) is 16.2 Å². The van der Waals surface area contributed by atoms with Crippen LogP contribution in [0.1, 0.15) is 32.1 Å². The smallest absolute Gasteiger partial charge is 0.321 e. The number of imide groups is 1. The second kappa shape index (κ2) is 3.15. The van der Waals surface area contributed by atoms with Crippen LogP contribution in [0.2, 0.25) is 0 Å². The first-order valence-corrected chi connectivity index (χ1v) is 6.22. The lowest BCUT2D eigenvalue weighted by Gasteiger charge is -2.28. The maximum absolute atomic E-state index is 12.0. The van der Waals surface area contributed by atoms with Crippen molar-refractivity contribution in [3.63, 3.8) is 0 Å². The third kappa shape index (κ3) is 0.854. The average molecular weight is 267 g/mol. The summed E-state index contributed by atoms with van der Waals surface area (Å²) >= 11 is 0. The molecule has 1 saturated heterocycles. The third-order valence-electron chi connectivity index (χ3n) is 5.19. The molecule has 2 amide bonds. The normalized spacial score (nSPS) is 38.7. The van der Waals surface area contributed by atoms with Gasteiger partial charge in [-0.05, 0) is 12.8 Å². The van der Waals surface area contributed by atoms with Gasteiger partial charge in [0.25, 0.3) is 0 Å². The molecule has 0 aromatic carbocycles. The Morgan fingerprint density at radius 1 is 0.895 bits per heavy atom. The van der Waals surface area contributed by atoms with Gasteiger partial charge in [-0.2, -0.15) is 0 Å². The van der Waals surface area contributed by atoms with Gasteiger partial charge in [0.1, 0.15) is 0 Å². The van der Waals surface area contributed by atoms with E-state index in [-0.39, 0.29) is 0 Å². The van der Waals surface area contributed by atoms with Crippen molar-refractivity contribution >= 4 is 23.8 Å². The first-order chi connectivity index (χ1) is 8.89. The molecule has 1 aliphatic heterocycles. The molecule has 3 N–H and O–H groups in total. The first-order valence-electron chi connectivity index (χ1n) is 6.22. The Labute approximate surface area is 108 Å². The van der Waals surface area contributed by atoms with Crippen LogP contribution in [-0.4, -0.2) is 34.0 Å². The van der Waals surface area contributed by atoms with E-state index in [0.717, 1.165) is 6.42 Å². The highest BCUT2D eigenvalue weighted by Crippen LogP contribution is 2.85. The molecule has 3 aliphatic rings. The molecule has 1 spiro atoms. The van der Waals surface area contributed by atoms with Crippen LogP contribution in [0.4, 0.5) is 0 Å². The highest BCUT2D eigenvalue weighted by atomic mass is 16.4. The Morgan fingerprint density at radius 2 is 1.32 bits per heavy atom. The van der Waals surface area contributed by atoms with Gasteiger partial charge in [0.05, 0.1) is 0 Å². The van der Waals surface area contributed by atoms with Crippen LogP contribution in [0.3, 0.4) is 0 Å². The van der Waals surface area contributed by atoms with E-state index in [2.05, 4.69) is 0 Å². The van der Waals surface area contributed by atoms with Gasteiger partial charge in [-0.1, -0.05) is 19.3 Å². The number of piperidine rings is 1. The number of rotatable bonds is 2. The minimum atomic E-state index is -2.11. The summed E-state index contributed by atoms with van der Waals surface area (Å²) in [5.41, 5.74) is -5.46. The Bertz CT molecular complexity index is 494. The largest absolute Gasteiger partial charge is 0.480 e. The minimum absolute atomic E-state index is 0.296. The van der Waals surface area contributed by atoms with Crippen molar-refractivity contribution < 1.29 is 29.4 Å². The molecule has 3 rings (SSSR count). The predicted octanol–water partition coefficient (Wildman–Crippen LogP) is -0.251. The van der Waals surface area contributed by atoms with Gasteiger partial charge in [0.15, 0.2) is 10.8 Å². The topological polar surface area (TPSA) is 121 Å². The minimum Gasteiger partial charge on any atom is -0.480 e. The molecule has 0 aromatic heterocycles. The Balaban J connectivity index is 2.26. The zero-order chi connectivity index (χ0) is 14.1. The molecule has 0 radical (unpaired) electrons. The summed E-state index contributed by atoms with van der Waals surface area (Å²) in [6.45, 7) is 0. The zero-order valence-electron chi connectivity index (χ0n) is 10.1. The number of carbonyl (C=O) groups is 4. The van der Waals surface area contributed by atoms with Crippen LogP contribution in [0.25, 0.3) is 0 Å². The average Bonchev–Trinajstić information content (AvgIpc) is 2.76. The lowest BCUT2D eigenvalue weighted by atomic mass is 9.76. The molecule has 7 heteroatoms. The van der Waals surface area contributed by atoms with E-state index in [1.807, 2.05) is 5.32 Å². The van der Waals surface area contributed by atoms with Crippen molar-refractivity contribution in [2.75, 3.05) is 0 Å². The molecule has 2 saturated carbocycles. The lowest BCUT2D eigenvalue weighted by molar-refractivity contribution is -0.156. The number of aliphatic carboxylic acids is 2. The van der Waals surface area contributed by atoms with Gasteiger partial charge in [0, 0.05) is 5.41 Å². The number of hydrogen-bond acceptors (Lipinski definition) is 4. The van der Waals surface area contributed by atoms with Gasteiger partial charge >= 0.3 is 11.9 Å². The quantitative estimate of drug-likeness (QED) is 0.468. The molecule has 0 unspecified atom stereocenters. The summed E-state index contributed by atoms with van der Waals surface area (Å²) in [5.74, 6) is -4.93. The van der Waals surface area contributed by atoms with E-state index in [0.29, 0.717) is 25.7 Å². The maximum Gasteiger partial charge on any atom is 0.321 e. The molecule has 7 nitrogen and oxygen atoms in total. The molecule has 2 atom stereocenters. The summed E-state index contributed by atoms with van der Waals surface area (Å²) in [6.07, 6.45) is 2.74. The molecule has 1 heterocycles. The van der Waals surface area contributed by atoms with Crippen LogP contribution in [0.5, 0.6) is 0 Å². The Kier molecular flexibility index (Phi) is 2.01. The molecule has 0 aromatic rings. The van der Waals surface area contributed by atoms with Crippen LogP contribution < -0.4 is 5.32 Å². The number of carboxylic acids is 2. The van der Waals surface area contributed by atoms with Crippen LogP contribution >= 0.6 is 0 Å². The molecule has 0 bridgehead atoms. The van der Waals surface area contributed by atoms with Gasteiger partial charge in [-0.15, -0.1) is 0 Å². The van der Waals surface area contributed by atoms with Crippen molar-refractivity contribution in [3.8, 4) is 0 Å². The summed E-state index contributed by atoms with van der Waals surface area (Å²) in [7, 11) is 0. The van der Waals surface area contributed by atoms with Gasteiger partial charge < -0.3 is 10.2 Å². The van der Waals surface area contributed by atoms with Crippen molar-refractivity contribution in [3.05, 3.63) is 0 Å². The Hall–Kier alpha value is -1.92. The van der Waals surface area contributed by atoms with Crippen molar-refractivity contribution in [2.24, 2.45) is 16.2 Å². The van der Waals surface area contributed by atoms with Gasteiger partial charge in [-0.3, -0.25) is 24.5 Å². The van der Waals surface area contributed by atoms with E-state index in [4.69, 9.17) is 0 Å². The number of carboxylic acid groups (broad SMARTS) is 2. The molecule has 2 aliphatic carbocycles. The van der Waals surface area contributed by atoms with E-state index < -0.39 is 40.0 Å². The van der Waals surface area contributed by atoms with E-state index >= 15 is 0 Å². The zero-order valence-corrected chi connectivity index (χ0v) is 10.1. The number of nitrogens with one attached hydrogen (secondary N) is 1. The summed E-state index contributed by atoms with van der Waals surface area (Å²) < 4.78 is 0. The fourth-order valence-corrected chi connectivity index (χ4v) is 4.59. The third-order valence-corrected chi connectivity index (χ3v) is 5.19.